The highest BCUT2D eigenvalue weighted by Gasteiger charge is 2.17. The summed E-state index contributed by atoms with van der Waals surface area (Å²) in [6.45, 7) is 5.01. The molecule has 3 rings (SSSR count). The zero-order valence-corrected chi connectivity index (χ0v) is 14.2. The Hall–Kier alpha value is -2.67. The number of aryl methyl sites for hydroxylation is 2. The lowest BCUT2D eigenvalue weighted by atomic mass is 10.2. The van der Waals surface area contributed by atoms with Gasteiger partial charge in [-0.1, -0.05) is 0 Å². The van der Waals surface area contributed by atoms with E-state index >= 15 is 0 Å². The molecule has 0 spiro atoms. The Morgan fingerprint density at radius 1 is 1.29 bits per heavy atom. The van der Waals surface area contributed by atoms with Crippen LogP contribution in [0.15, 0.2) is 47.2 Å². The summed E-state index contributed by atoms with van der Waals surface area (Å²) in [5, 5.41) is 11.0. The van der Waals surface area contributed by atoms with Gasteiger partial charge in [-0.25, -0.2) is 4.98 Å². The number of nitrogens with zero attached hydrogens (tertiary/aromatic N) is 3. The van der Waals surface area contributed by atoms with Crippen LogP contribution in [-0.4, -0.2) is 9.91 Å². The molecule has 3 heterocycles. The first-order valence-corrected chi connectivity index (χ1v) is 8.28. The number of furan rings is 1. The van der Waals surface area contributed by atoms with E-state index in [1.807, 2.05) is 12.1 Å². The predicted octanol–water partition coefficient (Wildman–Crippen LogP) is 4.47. The maximum atomic E-state index is 11.0. The first-order chi connectivity index (χ1) is 11.5. The Balaban J connectivity index is 1.91. The van der Waals surface area contributed by atoms with Gasteiger partial charge in [-0.15, -0.1) is 11.3 Å². The van der Waals surface area contributed by atoms with Gasteiger partial charge in [0.2, 0.25) is 0 Å². The summed E-state index contributed by atoms with van der Waals surface area (Å²) in [6, 6.07) is 9.68. The molecular formula is C17H17N3O3S. The number of nitro groups is 1. The Kier molecular flexibility index (Phi) is 4.61. The molecular weight excluding hydrogens is 326 g/mol. The Bertz CT molecular complexity index is 843. The van der Waals surface area contributed by atoms with E-state index in [1.165, 1.54) is 16.0 Å². The van der Waals surface area contributed by atoms with Crippen LogP contribution in [0.2, 0.25) is 0 Å². The van der Waals surface area contributed by atoms with Crippen molar-refractivity contribution >= 4 is 22.8 Å². The minimum atomic E-state index is -0.411. The Labute approximate surface area is 143 Å². The zero-order valence-electron chi connectivity index (χ0n) is 13.4. The molecule has 0 saturated carbocycles. The van der Waals surface area contributed by atoms with Crippen molar-refractivity contribution in [2.75, 3.05) is 4.90 Å². The van der Waals surface area contributed by atoms with Crippen LogP contribution in [0, 0.1) is 24.0 Å². The second-order valence-corrected chi connectivity index (χ2v) is 6.91. The molecule has 0 amide bonds. The second-order valence-electron chi connectivity index (χ2n) is 5.53. The number of hydrogen-bond acceptors (Lipinski definition) is 6. The van der Waals surface area contributed by atoms with Crippen LogP contribution in [0.3, 0.4) is 0 Å². The summed E-state index contributed by atoms with van der Waals surface area (Å²) >= 11 is 1.73. The van der Waals surface area contributed by atoms with Gasteiger partial charge >= 0.3 is 0 Å². The summed E-state index contributed by atoms with van der Waals surface area (Å²) in [4.78, 5) is 19.4. The van der Waals surface area contributed by atoms with Gasteiger partial charge in [-0.2, -0.15) is 0 Å². The smallest absolute Gasteiger partial charge is 0.290 e. The molecule has 0 aliphatic heterocycles. The fraction of sp³-hybridized carbons (Fsp3) is 0.235. The van der Waals surface area contributed by atoms with Crippen molar-refractivity contribution in [2.24, 2.45) is 0 Å². The van der Waals surface area contributed by atoms with Crippen LogP contribution in [0.5, 0.6) is 0 Å². The predicted molar refractivity (Wildman–Crippen MR) is 93.3 cm³/mol. The summed E-state index contributed by atoms with van der Waals surface area (Å²) in [7, 11) is 0. The highest BCUT2D eigenvalue weighted by molar-refractivity contribution is 7.11. The molecule has 0 unspecified atom stereocenters. The quantitative estimate of drug-likeness (QED) is 0.488. The van der Waals surface area contributed by atoms with E-state index in [2.05, 4.69) is 28.9 Å². The molecule has 6 nitrogen and oxygen atoms in total. The van der Waals surface area contributed by atoms with E-state index < -0.39 is 4.92 Å². The maximum absolute atomic E-state index is 11.0. The normalized spacial score (nSPS) is 10.8. The lowest BCUT2D eigenvalue weighted by molar-refractivity contribution is -0.385. The number of anilines is 1. The Morgan fingerprint density at radius 2 is 2.12 bits per heavy atom. The van der Waals surface area contributed by atoms with Crippen molar-refractivity contribution in [3.05, 3.63) is 74.0 Å². The highest BCUT2D eigenvalue weighted by Crippen LogP contribution is 2.26. The first-order valence-electron chi connectivity index (χ1n) is 7.46. The van der Waals surface area contributed by atoms with Crippen LogP contribution < -0.4 is 4.90 Å². The summed E-state index contributed by atoms with van der Waals surface area (Å²) in [5.41, 5.74) is 0.625. The van der Waals surface area contributed by atoms with Gasteiger partial charge in [-0.05, 0) is 44.2 Å². The summed E-state index contributed by atoms with van der Waals surface area (Å²) in [5.74, 6) is 1.52. The molecule has 0 aliphatic carbocycles. The van der Waals surface area contributed by atoms with Crippen LogP contribution >= 0.6 is 11.3 Å². The monoisotopic (exact) mass is 343 g/mol. The van der Waals surface area contributed by atoms with Gasteiger partial charge in [0.05, 0.1) is 24.3 Å². The third-order valence-electron chi connectivity index (χ3n) is 3.66. The SMILES string of the molecule is Cc1ccc(CN(Cc2ccco2)c2cc(C)c([N+](=O)[O-])cn2)s1. The molecule has 24 heavy (non-hydrogen) atoms. The average Bonchev–Trinajstić information content (AvgIpc) is 3.18. The van der Waals surface area contributed by atoms with E-state index in [4.69, 9.17) is 4.42 Å². The standard InChI is InChI=1S/C17H17N3O3S/c1-12-8-17(18-9-16(12)20(21)22)19(10-14-4-3-7-23-14)11-15-6-5-13(2)24-15/h3-9H,10-11H2,1-2H3. The van der Waals surface area contributed by atoms with E-state index in [9.17, 15) is 10.1 Å². The number of pyridine rings is 1. The highest BCUT2D eigenvalue weighted by atomic mass is 32.1. The van der Waals surface area contributed by atoms with Gasteiger partial charge < -0.3 is 9.32 Å². The number of hydrogen-bond donors (Lipinski definition) is 0. The van der Waals surface area contributed by atoms with Crippen molar-refractivity contribution in [3.63, 3.8) is 0 Å². The van der Waals surface area contributed by atoms with Gasteiger partial charge in [-0.3, -0.25) is 10.1 Å². The topological polar surface area (TPSA) is 72.4 Å². The first kappa shape index (κ1) is 16.2. The summed E-state index contributed by atoms with van der Waals surface area (Å²) in [6.07, 6.45) is 2.96. The molecule has 3 aromatic heterocycles. The van der Waals surface area contributed by atoms with Crippen LogP contribution in [0.4, 0.5) is 11.5 Å². The molecule has 0 bridgehead atoms. The van der Waals surface area contributed by atoms with Crippen LogP contribution in [0.1, 0.15) is 21.1 Å². The summed E-state index contributed by atoms with van der Waals surface area (Å²) < 4.78 is 5.45. The molecule has 0 saturated heterocycles. The van der Waals surface area contributed by atoms with Crippen LogP contribution in [-0.2, 0) is 13.1 Å². The zero-order chi connectivity index (χ0) is 17.1. The van der Waals surface area contributed by atoms with E-state index in [0.29, 0.717) is 24.5 Å². The number of aromatic nitrogens is 1. The van der Waals surface area contributed by atoms with Crippen molar-refractivity contribution in [1.29, 1.82) is 0 Å². The second kappa shape index (κ2) is 6.84. The minimum Gasteiger partial charge on any atom is -0.467 e. The lowest BCUT2D eigenvalue weighted by Gasteiger charge is -2.22. The lowest BCUT2D eigenvalue weighted by Crippen LogP contribution is -2.22. The Morgan fingerprint density at radius 3 is 2.71 bits per heavy atom. The largest absolute Gasteiger partial charge is 0.467 e. The van der Waals surface area contributed by atoms with Gasteiger partial charge in [0, 0.05) is 15.3 Å². The van der Waals surface area contributed by atoms with Crippen molar-refractivity contribution in [1.82, 2.24) is 4.98 Å². The molecule has 124 valence electrons. The molecule has 7 heteroatoms. The van der Waals surface area contributed by atoms with E-state index in [0.717, 1.165) is 5.76 Å². The maximum Gasteiger partial charge on any atom is 0.290 e. The van der Waals surface area contributed by atoms with Crippen molar-refractivity contribution < 1.29 is 9.34 Å². The average molecular weight is 343 g/mol. The fourth-order valence-corrected chi connectivity index (χ4v) is 3.37. The molecule has 0 fully saturated rings. The van der Waals surface area contributed by atoms with Gasteiger partial charge in [0.15, 0.2) is 0 Å². The number of rotatable bonds is 6. The third-order valence-corrected chi connectivity index (χ3v) is 4.64. The third kappa shape index (κ3) is 3.62. The molecule has 0 radical (unpaired) electrons. The van der Waals surface area contributed by atoms with Gasteiger partial charge in [0.1, 0.15) is 17.8 Å². The molecule has 0 aromatic carbocycles. The van der Waals surface area contributed by atoms with E-state index in [-0.39, 0.29) is 5.69 Å². The van der Waals surface area contributed by atoms with Crippen LogP contribution in [0.25, 0.3) is 0 Å². The molecule has 0 aliphatic rings. The van der Waals surface area contributed by atoms with Crippen molar-refractivity contribution in [2.45, 2.75) is 26.9 Å². The fourth-order valence-electron chi connectivity index (χ4n) is 2.46. The van der Waals surface area contributed by atoms with E-state index in [1.54, 1.807) is 30.6 Å². The van der Waals surface area contributed by atoms with Crippen molar-refractivity contribution in [3.8, 4) is 0 Å². The number of thiophene rings is 1. The molecule has 0 N–H and O–H groups in total. The minimum absolute atomic E-state index is 0.0312. The van der Waals surface area contributed by atoms with Gasteiger partial charge in [0.25, 0.3) is 5.69 Å². The molecule has 0 atom stereocenters. The molecule has 3 aromatic rings.